The van der Waals surface area contributed by atoms with E-state index in [1.165, 1.54) is 4.90 Å². The summed E-state index contributed by atoms with van der Waals surface area (Å²) in [5.74, 6) is 0.955. The van der Waals surface area contributed by atoms with Crippen LogP contribution in [0.1, 0.15) is 6.92 Å². The standard InChI is InChI=1S/C11H14O2S/c1-11(8-13-11)7-12-9-5-3-4-6-10(9)14-2/h3-6H,7-8H2,1-2H3. The molecule has 1 fully saturated rings. The van der Waals surface area contributed by atoms with Gasteiger partial charge < -0.3 is 9.47 Å². The Morgan fingerprint density at radius 3 is 2.86 bits per heavy atom. The molecule has 2 rings (SSSR count). The van der Waals surface area contributed by atoms with E-state index in [1.54, 1.807) is 11.8 Å². The SMILES string of the molecule is CSc1ccccc1OCC1(C)CO1. The normalized spacial score (nSPS) is 24.7. The van der Waals surface area contributed by atoms with Crippen molar-refractivity contribution in [3.8, 4) is 5.75 Å². The van der Waals surface area contributed by atoms with Crippen molar-refractivity contribution in [2.45, 2.75) is 17.4 Å². The average molecular weight is 210 g/mol. The zero-order valence-electron chi connectivity index (χ0n) is 8.45. The van der Waals surface area contributed by atoms with E-state index >= 15 is 0 Å². The Balaban J connectivity index is 2.00. The van der Waals surface area contributed by atoms with Gasteiger partial charge in [0.25, 0.3) is 0 Å². The Hall–Kier alpha value is -0.670. The molecule has 0 radical (unpaired) electrons. The van der Waals surface area contributed by atoms with Gasteiger partial charge in [-0.1, -0.05) is 12.1 Å². The van der Waals surface area contributed by atoms with Crippen molar-refractivity contribution < 1.29 is 9.47 Å². The number of hydrogen-bond donors (Lipinski definition) is 0. The van der Waals surface area contributed by atoms with E-state index in [1.807, 2.05) is 18.2 Å². The minimum absolute atomic E-state index is 0.0362. The predicted octanol–water partition coefficient (Wildman–Crippen LogP) is 2.58. The molecule has 1 aromatic rings. The summed E-state index contributed by atoms with van der Waals surface area (Å²) in [7, 11) is 0. The highest BCUT2D eigenvalue weighted by Crippen LogP contribution is 2.31. The fraction of sp³-hybridized carbons (Fsp3) is 0.455. The van der Waals surface area contributed by atoms with Gasteiger partial charge in [-0.05, 0) is 25.3 Å². The third kappa shape index (κ3) is 2.22. The summed E-state index contributed by atoms with van der Waals surface area (Å²) in [6.45, 7) is 3.52. The molecule has 0 N–H and O–H groups in total. The fourth-order valence-corrected chi connectivity index (χ4v) is 1.72. The van der Waals surface area contributed by atoms with Crippen molar-refractivity contribution >= 4 is 11.8 Å². The van der Waals surface area contributed by atoms with Crippen LogP contribution in [0.15, 0.2) is 29.2 Å². The molecule has 0 spiro atoms. The van der Waals surface area contributed by atoms with Gasteiger partial charge in [0.05, 0.1) is 6.61 Å². The van der Waals surface area contributed by atoms with Gasteiger partial charge in [0.15, 0.2) is 0 Å². The Morgan fingerprint density at radius 1 is 1.50 bits per heavy atom. The van der Waals surface area contributed by atoms with Crippen LogP contribution in [0.2, 0.25) is 0 Å². The number of thioether (sulfide) groups is 1. The molecule has 0 bridgehead atoms. The lowest BCUT2D eigenvalue weighted by Gasteiger charge is -2.11. The van der Waals surface area contributed by atoms with Gasteiger partial charge in [0, 0.05) is 4.90 Å². The van der Waals surface area contributed by atoms with Crippen molar-refractivity contribution in [2.75, 3.05) is 19.5 Å². The summed E-state index contributed by atoms with van der Waals surface area (Å²) in [5.41, 5.74) is -0.0362. The van der Waals surface area contributed by atoms with Gasteiger partial charge in [-0.15, -0.1) is 11.8 Å². The van der Waals surface area contributed by atoms with Crippen molar-refractivity contribution in [1.82, 2.24) is 0 Å². The van der Waals surface area contributed by atoms with Crippen molar-refractivity contribution in [2.24, 2.45) is 0 Å². The maximum absolute atomic E-state index is 5.71. The molecule has 1 atom stereocenters. The molecule has 1 heterocycles. The average Bonchev–Trinajstić information content (AvgIpc) is 2.95. The maximum Gasteiger partial charge on any atom is 0.132 e. The zero-order chi connectivity index (χ0) is 10.0. The lowest BCUT2D eigenvalue weighted by Crippen LogP contribution is -2.17. The van der Waals surface area contributed by atoms with Gasteiger partial charge in [-0.2, -0.15) is 0 Å². The van der Waals surface area contributed by atoms with Crippen molar-refractivity contribution in [3.63, 3.8) is 0 Å². The molecule has 1 unspecified atom stereocenters. The summed E-state index contributed by atoms with van der Waals surface area (Å²) < 4.78 is 11.0. The number of rotatable bonds is 4. The van der Waals surface area contributed by atoms with Crippen LogP contribution in [0.4, 0.5) is 0 Å². The Morgan fingerprint density at radius 2 is 2.21 bits per heavy atom. The largest absolute Gasteiger partial charge is 0.489 e. The highest BCUT2D eigenvalue weighted by Gasteiger charge is 2.40. The molecule has 0 amide bonds. The first-order valence-electron chi connectivity index (χ1n) is 4.63. The Kier molecular flexibility index (Phi) is 2.70. The number of para-hydroxylation sites is 1. The van der Waals surface area contributed by atoms with E-state index in [2.05, 4.69) is 19.2 Å². The summed E-state index contributed by atoms with van der Waals surface area (Å²) in [5, 5.41) is 0. The molecule has 1 aromatic carbocycles. The smallest absolute Gasteiger partial charge is 0.132 e. The molecule has 1 saturated heterocycles. The summed E-state index contributed by atoms with van der Waals surface area (Å²) >= 11 is 1.70. The molecule has 1 aliphatic rings. The van der Waals surface area contributed by atoms with E-state index < -0.39 is 0 Å². The van der Waals surface area contributed by atoms with Crippen LogP contribution in [-0.4, -0.2) is 25.1 Å². The topological polar surface area (TPSA) is 21.8 Å². The summed E-state index contributed by atoms with van der Waals surface area (Å²) in [4.78, 5) is 1.18. The minimum Gasteiger partial charge on any atom is -0.489 e. The predicted molar refractivity (Wildman–Crippen MR) is 58.1 cm³/mol. The fourth-order valence-electron chi connectivity index (χ4n) is 1.17. The quantitative estimate of drug-likeness (QED) is 0.563. The van der Waals surface area contributed by atoms with Gasteiger partial charge in [0.2, 0.25) is 0 Å². The number of epoxide rings is 1. The van der Waals surface area contributed by atoms with Crippen molar-refractivity contribution in [3.05, 3.63) is 24.3 Å². The molecule has 1 aliphatic heterocycles. The molecule has 14 heavy (non-hydrogen) atoms. The molecule has 0 saturated carbocycles. The Labute approximate surface area is 88.6 Å². The first-order valence-corrected chi connectivity index (χ1v) is 5.86. The first-order chi connectivity index (χ1) is 6.73. The summed E-state index contributed by atoms with van der Waals surface area (Å²) in [6, 6.07) is 8.08. The maximum atomic E-state index is 5.71. The van der Waals surface area contributed by atoms with Crippen LogP contribution < -0.4 is 4.74 Å². The van der Waals surface area contributed by atoms with Crippen LogP contribution in [0.3, 0.4) is 0 Å². The minimum atomic E-state index is -0.0362. The van der Waals surface area contributed by atoms with Crippen LogP contribution in [0.25, 0.3) is 0 Å². The van der Waals surface area contributed by atoms with Gasteiger partial charge >= 0.3 is 0 Å². The molecule has 3 heteroatoms. The van der Waals surface area contributed by atoms with Gasteiger partial charge in [-0.3, -0.25) is 0 Å². The van der Waals surface area contributed by atoms with E-state index in [0.717, 1.165) is 12.4 Å². The Bertz CT molecular complexity index is 321. The van der Waals surface area contributed by atoms with E-state index in [0.29, 0.717) is 6.61 Å². The lowest BCUT2D eigenvalue weighted by molar-refractivity contribution is 0.199. The number of benzene rings is 1. The highest BCUT2D eigenvalue weighted by molar-refractivity contribution is 7.98. The monoisotopic (exact) mass is 210 g/mol. The third-order valence-corrected chi connectivity index (χ3v) is 3.02. The number of hydrogen-bond acceptors (Lipinski definition) is 3. The van der Waals surface area contributed by atoms with E-state index in [9.17, 15) is 0 Å². The van der Waals surface area contributed by atoms with Gasteiger partial charge in [0.1, 0.15) is 18.0 Å². The second-order valence-corrected chi connectivity index (χ2v) is 4.53. The molecule has 0 aliphatic carbocycles. The van der Waals surface area contributed by atoms with E-state index in [4.69, 9.17) is 9.47 Å². The van der Waals surface area contributed by atoms with Crippen molar-refractivity contribution in [1.29, 1.82) is 0 Å². The molecule has 76 valence electrons. The second-order valence-electron chi connectivity index (χ2n) is 3.68. The van der Waals surface area contributed by atoms with Crippen LogP contribution in [0.5, 0.6) is 5.75 Å². The second kappa shape index (κ2) is 3.83. The highest BCUT2D eigenvalue weighted by atomic mass is 32.2. The van der Waals surface area contributed by atoms with Crippen LogP contribution in [-0.2, 0) is 4.74 Å². The lowest BCUT2D eigenvalue weighted by atomic mass is 10.2. The van der Waals surface area contributed by atoms with Gasteiger partial charge in [-0.25, -0.2) is 0 Å². The van der Waals surface area contributed by atoms with E-state index in [-0.39, 0.29) is 5.60 Å². The molecular weight excluding hydrogens is 196 g/mol. The van der Waals surface area contributed by atoms with Crippen LogP contribution in [0, 0.1) is 0 Å². The molecule has 2 nitrogen and oxygen atoms in total. The zero-order valence-corrected chi connectivity index (χ0v) is 9.26. The van der Waals surface area contributed by atoms with Crippen LogP contribution >= 0.6 is 11.8 Å². The molecular formula is C11H14O2S. The first kappa shape index (κ1) is 9.87. The molecule has 0 aromatic heterocycles. The number of ether oxygens (including phenoxy) is 2. The third-order valence-electron chi connectivity index (χ3n) is 2.24. The summed E-state index contributed by atoms with van der Waals surface area (Å²) in [6.07, 6.45) is 2.05.